The van der Waals surface area contributed by atoms with Gasteiger partial charge in [-0.05, 0) is 30.3 Å². The van der Waals surface area contributed by atoms with Crippen LogP contribution >= 0.6 is 0 Å². The summed E-state index contributed by atoms with van der Waals surface area (Å²) in [6, 6.07) is 15.6. The van der Waals surface area contributed by atoms with Gasteiger partial charge in [0.2, 0.25) is 0 Å². The Morgan fingerprint density at radius 3 is 2.55 bits per heavy atom. The molecule has 0 heterocycles. The lowest BCUT2D eigenvalue weighted by molar-refractivity contribution is 0.112. The van der Waals surface area contributed by atoms with Gasteiger partial charge >= 0.3 is 0 Å². The van der Waals surface area contributed by atoms with Crippen LogP contribution in [0.15, 0.2) is 48.5 Å². The zero-order valence-corrected chi connectivity index (χ0v) is 10.8. The fourth-order valence-electron chi connectivity index (χ4n) is 2.00. The Kier molecular flexibility index (Phi) is 4.46. The zero-order chi connectivity index (χ0) is 14.4. The molecular formula is C16H13FN2O. The van der Waals surface area contributed by atoms with Gasteiger partial charge < -0.3 is 4.90 Å². The number of carbonyl (C=O) groups excluding carboxylic acids is 1. The standard InChI is InChI=1S/C16H13FN2O/c17-14-9-13(12-20)10-16(11-14)19(8-4-7-18)15-5-2-1-3-6-15/h1-3,5-6,9-12H,4,8H2. The van der Waals surface area contributed by atoms with Crippen LogP contribution in [0.2, 0.25) is 0 Å². The van der Waals surface area contributed by atoms with Crippen LogP contribution in [0.25, 0.3) is 0 Å². The van der Waals surface area contributed by atoms with Gasteiger partial charge in [-0.2, -0.15) is 5.26 Å². The monoisotopic (exact) mass is 268 g/mol. The predicted octanol–water partition coefficient (Wildman–Crippen LogP) is 3.69. The molecule has 0 atom stereocenters. The first-order chi connectivity index (χ1) is 9.74. The van der Waals surface area contributed by atoms with Crippen molar-refractivity contribution in [3.8, 4) is 6.07 Å². The number of aldehydes is 1. The normalized spacial score (nSPS) is 9.80. The van der Waals surface area contributed by atoms with E-state index in [1.807, 2.05) is 35.2 Å². The summed E-state index contributed by atoms with van der Waals surface area (Å²) >= 11 is 0. The van der Waals surface area contributed by atoms with Crippen LogP contribution in [0.1, 0.15) is 16.8 Å². The number of hydrogen-bond donors (Lipinski definition) is 0. The van der Waals surface area contributed by atoms with Crippen molar-refractivity contribution in [2.75, 3.05) is 11.4 Å². The lowest BCUT2D eigenvalue weighted by Crippen LogP contribution is -2.18. The summed E-state index contributed by atoms with van der Waals surface area (Å²) in [5.41, 5.74) is 1.69. The first-order valence-corrected chi connectivity index (χ1v) is 6.20. The Balaban J connectivity index is 2.43. The maximum absolute atomic E-state index is 13.6. The van der Waals surface area contributed by atoms with Crippen LogP contribution in [0.4, 0.5) is 15.8 Å². The second kappa shape index (κ2) is 6.48. The maximum atomic E-state index is 13.6. The smallest absolute Gasteiger partial charge is 0.150 e. The lowest BCUT2D eigenvalue weighted by Gasteiger charge is -2.24. The summed E-state index contributed by atoms with van der Waals surface area (Å²) in [5, 5.41) is 8.76. The molecule has 0 amide bonds. The van der Waals surface area contributed by atoms with Gasteiger partial charge in [0, 0.05) is 23.5 Å². The van der Waals surface area contributed by atoms with Crippen LogP contribution in [0.3, 0.4) is 0 Å². The summed E-state index contributed by atoms with van der Waals surface area (Å²) in [5.74, 6) is -0.470. The van der Waals surface area contributed by atoms with Gasteiger partial charge in [-0.15, -0.1) is 0 Å². The number of benzene rings is 2. The number of anilines is 2. The first-order valence-electron chi connectivity index (χ1n) is 6.20. The Labute approximate surface area is 116 Å². The van der Waals surface area contributed by atoms with E-state index in [0.29, 0.717) is 24.9 Å². The summed E-state index contributed by atoms with van der Waals surface area (Å²) in [7, 11) is 0. The van der Waals surface area contributed by atoms with E-state index < -0.39 is 5.82 Å². The predicted molar refractivity (Wildman–Crippen MR) is 75.5 cm³/mol. The molecule has 2 aromatic rings. The average Bonchev–Trinajstić information content (AvgIpc) is 2.48. The molecule has 0 saturated heterocycles. The third-order valence-electron chi connectivity index (χ3n) is 2.87. The maximum Gasteiger partial charge on any atom is 0.150 e. The largest absolute Gasteiger partial charge is 0.340 e. The van der Waals surface area contributed by atoms with Crippen molar-refractivity contribution in [2.45, 2.75) is 6.42 Å². The summed E-state index contributed by atoms with van der Waals surface area (Å²) in [6.07, 6.45) is 0.919. The van der Waals surface area contributed by atoms with E-state index in [2.05, 4.69) is 6.07 Å². The van der Waals surface area contributed by atoms with Crippen molar-refractivity contribution < 1.29 is 9.18 Å². The molecule has 0 aromatic heterocycles. The number of halogens is 1. The second-order valence-electron chi connectivity index (χ2n) is 4.26. The number of para-hydroxylation sites is 1. The highest BCUT2D eigenvalue weighted by molar-refractivity contribution is 5.78. The Bertz CT molecular complexity index is 635. The molecular weight excluding hydrogens is 255 g/mol. The number of carbonyl (C=O) groups is 1. The molecule has 0 aliphatic carbocycles. The van der Waals surface area contributed by atoms with Gasteiger partial charge in [0.05, 0.1) is 12.5 Å². The zero-order valence-electron chi connectivity index (χ0n) is 10.8. The summed E-state index contributed by atoms with van der Waals surface area (Å²) in [4.78, 5) is 12.7. The molecule has 2 rings (SSSR count). The van der Waals surface area contributed by atoms with Crippen LogP contribution in [-0.4, -0.2) is 12.8 Å². The van der Waals surface area contributed by atoms with E-state index in [1.165, 1.54) is 12.1 Å². The Morgan fingerprint density at radius 2 is 1.90 bits per heavy atom. The van der Waals surface area contributed by atoms with E-state index in [9.17, 15) is 9.18 Å². The van der Waals surface area contributed by atoms with E-state index >= 15 is 0 Å². The van der Waals surface area contributed by atoms with Crippen LogP contribution in [-0.2, 0) is 0 Å². The van der Waals surface area contributed by atoms with Gasteiger partial charge in [-0.25, -0.2) is 4.39 Å². The van der Waals surface area contributed by atoms with Gasteiger partial charge in [0.1, 0.15) is 12.1 Å². The minimum absolute atomic E-state index is 0.276. The Morgan fingerprint density at radius 1 is 1.15 bits per heavy atom. The molecule has 0 saturated carbocycles. The van der Waals surface area contributed by atoms with Gasteiger partial charge in [0.25, 0.3) is 0 Å². The van der Waals surface area contributed by atoms with Crippen LogP contribution < -0.4 is 4.90 Å². The van der Waals surface area contributed by atoms with Crippen molar-refractivity contribution in [3.05, 3.63) is 59.9 Å². The summed E-state index contributed by atoms with van der Waals surface area (Å²) in [6.45, 7) is 0.433. The molecule has 2 aromatic carbocycles. The Hall–Kier alpha value is -2.67. The number of hydrogen-bond acceptors (Lipinski definition) is 3. The molecule has 0 radical (unpaired) electrons. The van der Waals surface area contributed by atoms with E-state index in [1.54, 1.807) is 6.07 Å². The lowest BCUT2D eigenvalue weighted by atomic mass is 10.1. The molecule has 3 nitrogen and oxygen atoms in total. The summed E-state index contributed by atoms with van der Waals surface area (Å²) < 4.78 is 13.6. The van der Waals surface area contributed by atoms with Crippen molar-refractivity contribution in [2.24, 2.45) is 0 Å². The highest BCUT2D eigenvalue weighted by Gasteiger charge is 2.11. The minimum atomic E-state index is -0.470. The van der Waals surface area contributed by atoms with E-state index in [-0.39, 0.29) is 5.56 Å². The van der Waals surface area contributed by atoms with Gasteiger partial charge in [-0.3, -0.25) is 4.79 Å². The fourth-order valence-corrected chi connectivity index (χ4v) is 2.00. The first kappa shape index (κ1) is 13.8. The molecule has 100 valence electrons. The molecule has 4 heteroatoms. The molecule has 0 bridgehead atoms. The third-order valence-corrected chi connectivity index (χ3v) is 2.87. The number of nitriles is 1. The minimum Gasteiger partial charge on any atom is -0.340 e. The van der Waals surface area contributed by atoms with Gasteiger partial charge in [0.15, 0.2) is 0 Å². The molecule has 0 unspecified atom stereocenters. The van der Waals surface area contributed by atoms with Crippen molar-refractivity contribution in [1.29, 1.82) is 5.26 Å². The molecule has 0 aliphatic rings. The van der Waals surface area contributed by atoms with Crippen LogP contribution in [0, 0.1) is 17.1 Å². The highest BCUT2D eigenvalue weighted by atomic mass is 19.1. The number of nitrogens with zero attached hydrogens (tertiary/aromatic N) is 2. The molecule has 20 heavy (non-hydrogen) atoms. The van der Waals surface area contributed by atoms with Crippen molar-refractivity contribution in [3.63, 3.8) is 0 Å². The van der Waals surface area contributed by atoms with Crippen molar-refractivity contribution in [1.82, 2.24) is 0 Å². The van der Waals surface area contributed by atoms with Crippen molar-refractivity contribution >= 4 is 17.7 Å². The quantitative estimate of drug-likeness (QED) is 0.777. The van der Waals surface area contributed by atoms with Gasteiger partial charge in [-0.1, -0.05) is 18.2 Å². The molecule has 0 aliphatic heterocycles. The molecule has 0 fully saturated rings. The second-order valence-corrected chi connectivity index (χ2v) is 4.26. The SMILES string of the molecule is N#CCCN(c1ccccc1)c1cc(F)cc(C=O)c1. The molecule has 0 N–H and O–H groups in total. The third kappa shape index (κ3) is 3.21. The molecule has 0 spiro atoms. The average molecular weight is 268 g/mol. The van der Waals surface area contributed by atoms with E-state index in [4.69, 9.17) is 5.26 Å². The van der Waals surface area contributed by atoms with E-state index in [0.717, 1.165) is 5.69 Å². The number of rotatable bonds is 5. The topological polar surface area (TPSA) is 44.1 Å². The highest BCUT2D eigenvalue weighted by Crippen LogP contribution is 2.26. The van der Waals surface area contributed by atoms with Crippen LogP contribution in [0.5, 0.6) is 0 Å². The fraction of sp³-hybridized carbons (Fsp3) is 0.125.